The molecule has 9 nitrogen and oxygen atoms in total. The zero-order valence-electron chi connectivity index (χ0n) is 13.8. The van der Waals surface area contributed by atoms with E-state index in [0.29, 0.717) is 15.9 Å². The predicted octanol–water partition coefficient (Wildman–Crippen LogP) is 3.34. The van der Waals surface area contributed by atoms with Crippen LogP contribution in [0, 0.1) is 10.1 Å². The third-order valence-corrected chi connectivity index (χ3v) is 4.62. The average molecular weight is 405 g/mol. The first-order chi connectivity index (χ1) is 13.0. The van der Waals surface area contributed by atoms with Crippen LogP contribution in [-0.4, -0.2) is 36.8 Å². The third-order valence-electron chi connectivity index (χ3n) is 3.45. The van der Waals surface area contributed by atoms with E-state index in [9.17, 15) is 14.9 Å². The van der Waals surface area contributed by atoms with Gasteiger partial charge in [0.25, 0.3) is 5.69 Å². The number of nitro groups is 1. The second-order valence-corrected chi connectivity index (χ2v) is 6.77. The highest BCUT2D eigenvalue weighted by Gasteiger charge is 2.15. The lowest BCUT2D eigenvalue weighted by molar-refractivity contribution is -0.383. The van der Waals surface area contributed by atoms with Gasteiger partial charge in [-0.2, -0.15) is 4.68 Å². The minimum Gasteiger partial charge on any atom is -0.320 e. The average Bonchev–Trinajstić information content (AvgIpc) is 3.11. The number of amides is 1. The fraction of sp³-hybridized carbons (Fsp3) is 0.125. The van der Waals surface area contributed by atoms with Gasteiger partial charge in [0.05, 0.1) is 10.6 Å². The van der Waals surface area contributed by atoms with E-state index >= 15 is 0 Å². The number of nitrogens with zero attached hydrogens (tertiary/aromatic N) is 5. The summed E-state index contributed by atoms with van der Waals surface area (Å²) in [6.07, 6.45) is 0.143. The molecular weight excluding hydrogens is 392 g/mol. The number of para-hydroxylation sites is 2. The van der Waals surface area contributed by atoms with Crippen molar-refractivity contribution in [3.05, 3.63) is 63.7 Å². The number of carbonyl (C=O) groups excluding carboxylic acids is 1. The van der Waals surface area contributed by atoms with Crippen LogP contribution in [-0.2, 0) is 4.79 Å². The Labute approximate surface area is 162 Å². The van der Waals surface area contributed by atoms with E-state index in [2.05, 4.69) is 20.8 Å². The molecule has 0 fully saturated rings. The molecule has 0 bridgehead atoms. The largest absolute Gasteiger partial charge is 0.320 e. The Morgan fingerprint density at radius 3 is 2.70 bits per heavy atom. The Balaban J connectivity index is 1.58. The summed E-state index contributed by atoms with van der Waals surface area (Å²) in [6.45, 7) is 0. The number of nitro benzene ring substituents is 1. The zero-order valence-corrected chi connectivity index (χ0v) is 15.4. The number of thioether (sulfide) groups is 1. The zero-order chi connectivity index (χ0) is 19.2. The standard InChI is InChI=1S/C16H13ClN6O3S/c17-11-5-7-12(8-6-11)22-16(19-20-21-22)27-10-9-15(24)18-13-3-1-2-4-14(13)23(25)26/h1-8H,9-10H2,(H,18,24). The smallest absolute Gasteiger partial charge is 0.292 e. The Kier molecular flexibility index (Phi) is 5.99. The molecule has 1 aromatic heterocycles. The number of benzene rings is 2. The van der Waals surface area contributed by atoms with Crippen molar-refractivity contribution < 1.29 is 9.72 Å². The van der Waals surface area contributed by atoms with Crippen molar-refractivity contribution in [3.8, 4) is 5.69 Å². The molecule has 0 atom stereocenters. The minimum absolute atomic E-state index is 0.143. The number of anilines is 1. The molecule has 3 aromatic rings. The van der Waals surface area contributed by atoms with Crippen LogP contribution < -0.4 is 5.32 Å². The van der Waals surface area contributed by atoms with E-state index in [0.717, 1.165) is 5.69 Å². The van der Waals surface area contributed by atoms with Crippen LogP contribution in [0.1, 0.15) is 6.42 Å². The molecule has 0 spiro atoms. The molecule has 2 aromatic carbocycles. The highest BCUT2D eigenvalue weighted by Crippen LogP contribution is 2.24. The molecule has 27 heavy (non-hydrogen) atoms. The summed E-state index contributed by atoms with van der Waals surface area (Å²) >= 11 is 7.18. The van der Waals surface area contributed by atoms with Gasteiger partial charge in [0.1, 0.15) is 5.69 Å². The maximum atomic E-state index is 12.1. The first kappa shape index (κ1) is 18.8. The molecule has 138 valence electrons. The van der Waals surface area contributed by atoms with Gasteiger partial charge in [0.15, 0.2) is 0 Å². The molecule has 3 rings (SSSR count). The number of hydrogen-bond donors (Lipinski definition) is 1. The maximum absolute atomic E-state index is 12.1. The van der Waals surface area contributed by atoms with Crippen LogP contribution >= 0.6 is 23.4 Å². The minimum atomic E-state index is -0.537. The van der Waals surface area contributed by atoms with E-state index in [4.69, 9.17) is 11.6 Å². The number of aromatic nitrogens is 4. The van der Waals surface area contributed by atoms with Crippen molar-refractivity contribution in [1.29, 1.82) is 0 Å². The molecule has 0 aliphatic heterocycles. The topological polar surface area (TPSA) is 116 Å². The number of carbonyl (C=O) groups is 1. The SMILES string of the molecule is O=C(CCSc1nnnn1-c1ccc(Cl)cc1)Nc1ccccc1[N+](=O)[O-]. The number of rotatable bonds is 7. The van der Waals surface area contributed by atoms with E-state index < -0.39 is 4.92 Å². The van der Waals surface area contributed by atoms with Crippen LogP contribution in [0.4, 0.5) is 11.4 Å². The summed E-state index contributed by atoms with van der Waals surface area (Å²) in [7, 11) is 0. The fourth-order valence-corrected chi connectivity index (χ4v) is 3.15. The van der Waals surface area contributed by atoms with Crippen LogP contribution in [0.5, 0.6) is 0 Å². The van der Waals surface area contributed by atoms with Gasteiger partial charge < -0.3 is 5.32 Å². The number of nitrogens with one attached hydrogen (secondary N) is 1. The molecule has 0 aliphatic rings. The lowest BCUT2D eigenvalue weighted by atomic mass is 10.2. The maximum Gasteiger partial charge on any atom is 0.292 e. The summed E-state index contributed by atoms with van der Waals surface area (Å²) in [4.78, 5) is 22.5. The van der Waals surface area contributed by atoms with Gasteiger partial charge in [0, 0.05) is 23.3 Å². The molecule has 0 saturated carbocycles. The molecule has 0 aliphatic carbocycles. The quantitative estimate of drug-likeness (QED) is 0.364. The molecule has 11 heteroatoms. The second kappa shape index (κ2) is 8.60. The van der Waals surface area contributed by atoms with Gasteiger partial charge in [-0.25, -0.2) is 0 Å². The molecule has 0 saturated heterocycles. The van der Waals surface area contributed by atoms with Gasteiger partial charge in [-0.1, -0.05) is 35.5 Å². The van der Waals surface area contributed by atoms with Crippen molar-refractivity contribution >= 4 is 40.6 Å². The monoisotopic (exact) mass is 404 g/mol. The number of tetrazole rings is 1. The third kappa shape index (κ3) is 4.80. The van der Waals surface area contributed by atoms with Gasteiger partial charge >= 0.3 is 0 Å². The normalized spacial score (nSPS) is 10.6. The van der Waals surface area contributed by atoms with E-state index in [-0.39, 0.29) is 23.7 Å². The molecule has 1 amide bonds. The van der Waals surface area contributed by atoms with Crippen molar-refractivity contribution in [2.45, 2.75) is 11.6 Å². The number of halogens is 1. The molecule has 0 unspecified atom stereocenters. The van der Waals surface area contributed by atoms with Gasteiger partial charge in [-0.05, 0) is 40.8 Å². The van der Waals surface area contributed by atoms with Crippen molar-refractivity contribution in [1.82, 2.24) is 20.2 Å². The highest BCUT2D eigenvalue weighted by molar-refractivity contribution is 7.99. The van der Waals surface area contributed by atoms with E-state index in [1.54, 1.807) is 41.1 Å². The van der Waals surface area contributed by atoms with Crippen molar-refractivity contribution in [3.63, 3.8) is 0 Å². The summed E-state index contributed by atoms with van der Waals surface area (Å²) in [6, 6.07) is 13.0. The Morgan fingerprint density at radius 2 is 1.96 bits per heavy atom. The van der Waals surface area contributed by atoms with Crippen molar-refractivity contribution in [2.24, 2.45) is 0 Å². The second-order valence-electron chi connectivity index (χ2n) is 5.27. The van der Waals surface area contributed by atoms with E-state index in [1.165, 1.54) is 23.9 Å². The summed E-state index contributed by atoms with van der Waals surface area (Å²) in [5.41, 5.74) is 0.768. The van der Waals surface area contributed by atoms with E-state index in [1.807, 2.05) is 0 Å². The van der Waals surface area contributed by atoms with Crippen molar-refractivity contribution in [2.75, 3.05) is 11.1 Å². The lowest BCUT2D eigenvalue weighted by Gasteiger charge is -2.06. The molecular formula is C16H13ClN6O3S. The number of hydrogen-bond acceptors (Lipinski definition) is 7. The molecule has 1 heterocycles. The fourth-order valence-electron chi connectivity index (χ4n) is 2.20. The van der Waals surface area contributed by atoms with Gasteiger partial charge in [-0.3, -0.25) is 14.9 Å². The van der Waals surface area contributed by atoms with Crippen LogP contribution in [0.2, 0.25) is 5.02 Å². The molecule has 1 N–H and O–H groups in total. The summed E-state index contributed by atoms with van der Waals surface area (Å²) in [5, 5.41) is 26.2. The Morgan fingerprint density at radius 1 is 1.22 bits per heavy atom. The van der Waals surface area contributed by atoms with Gasteiger partial charge in [-0.15, -0.1) is 5.10 Å². The van der Waals surface area contributed by atoms with Crippen LogP contribution in [0.3, 0.4) is 0 Å². The Bertz CT molecular complexity index is 963. The summed E-state index contributed by atoms with van der Waals surface area (Å²) < 4.78 is 1.54. The first-order valence-electron chi connectivity index (χ1n) is 7.75. The molecule has 0 radical (unpaired) electrons. The predicted molar refractivity (Wildman–Crippen MR) is 101 cm³/mol. The lowest BCUT2D eigenvalue weighted by Crippen LogP contribution is -2.13. The van der Waals surface area contributed by atoms with Crippen LogP contribution in [0.25, 0.3) is 5.69 Å². The Hall–Kier alpha value is -2.98. The summed E-state index contributed by atoms with van der Waals surface area (Å²) in [5.74, 6) is 0.0720. The van der Waals surface area contributed by atoms with Crippen LogP contribution in [0.15, 0.2) is 53.7 Å². The highest BCUT2D eigenvalue weighted by atomic mass is 35.5. The first-order valence-corrected chi connectivity index (χ1v) is 9.11. The van der Waals surface area contributed by atoms with Gasteiger partial charge in [0.2, 0.25) is 11.1 Å².